The van der Waals surface area contributed by atoms with Crippen molar-refractivity contribution in [3.05, 3.63) is 51.9 Å². The van der Waals surface area contributed by atoms with Gasteiger partial charge in [0.15, 0.2) is 0 Å². The number of para-hydroxylation sites is 1. The average molecular weight is 288 g/mol. The highest BCUT2D eigenvalue weighted by Crippen LogP contribution is 2.36. The topological polar surface area (TPSA) is 60.4 Å². The zero-order chi connectivity index (χ0) is 14.1. The highest BCUT2D eigenvalue weighted by Gasteiger charge is 2.22. The molecule has 2 aromatic heterocycles. The van der Waals surface area contributed by atoms with Gasteiger partial charge < -0.3 is 9.15 Å². The summed E-state index contributed by atoms with van der Waals surface area (Å²) in [5.41, 5.74) is 4.83. The van der Waals surface area contributed by atoms with Crippen LogP contribution in [0.4, 0.5) is 0 Å². The minimum absolute atomic E-state index is 0.211. The molecule has 0 bridgehead atoms. The molecule has 0 aliphatic carbocycles. The first-order valence-corrected chi connectivity index (χ1v) is 7.19. The molecule has 3 N–H and O–H groups in total. The van der Waals surface area contributed by atoms with Crippen molar-refractivity contribution in [3.8, 4) is 5.75 Å². The van der Waals surface area contributed by atoms with Gasteiger partial charge in [-0.25, -0.2) is 5.43 Å². The number of thiophene rings is 1. The summed E-state index contributed by atoms with van der Waals surface area (Å²) < 4.78 is 11.3. The Hall–Kier alpha value is -1.82. The molecule has 0 radical (unpaired) electrons. The molecule has 1 aromatic carbocycles. The van der Waals surface area contributed by atoms with Crippen LogP contribution < -0.4 is 16.0 Å². The van der Waals surface area contributed by atoms with E-state index in [1.165, 1.54) is 0 Å². The number of ether oxygens (including phenoxy) is 1. The third-order valence-corrected chi connectivity index (χ3v) is 4.31. The van der Waals surface area contributed by atoms with Gasteiger partial charge in [0.1, 0.15) is 23.1 Å². The molecular weight excluding hydrogens is 272 g/mol. The third kappa shape index (κ3) is 2.10. The van der Waals surface area contributed by atoms with Gasteiger partial charge in [0.2, 0.25) is 0 Å². The fourth-order valence-corrected chi connectivity index (χ4v) is 3.27. The minimum Gasteiger partial charge on any atom is -0.496 e. The van der Waals surface area contributed by atoms with E-state index in [-0.39, 0.29) is 6.04 Å². The van der Waals surface area contributed by atoms with E-state index in [2.05, 4.69) is 5.43 Å². The summed E-state index contributed by atoms with van der Waals surface area (Å²) in [6.45, 7) is 2.03. The maximum absolute atomic E-state index is 5.98. The van der Waals surface area contributed by atoms with Crippen LogP contribution in [0, 0.1) is 6.92 Å². The molecule has 0 saturated heterocycles. The maximum atomic E-state index is 5.98. The molecule has 1 atom stereocenters. The van der Waals surface area contributed by atoms with Crippen molar-refractivity contribution < 1.29 is 9.15 Å². The predicted octanol–water partition coefficient (Wildman–Crippen LogP) is 3.36. The van der Waals surface area contributed by atoms with E-state index in [0.29, 0.717) is 0 Å². The van der Waals surface area contributed by atoms with Crippen LogP contribution in [0.25, 0.3) is 11.0 Å². The lowest BCUT2D eigenvalue weighted by Crippen LogP contribution is -2.28. The smallest absolute Gasteiger partial charge is 0.137 e. The van der Waals surface area contributed by atoms with Crippen LogP contribution in [-0.4, -0.2) is 7.11 Å². The van der Waals surface area contributed by atoms with Crippen molar-refractivity contribution in [3.63, 3.8) is 0 Å². The number of hydrazine groups is 1. The molecule has 0 aliphatic rings. The predicted molar refractivity (Wildman–Crippen MR) is 81.0 cm³/mol. The minimum atomic E-state index is -0.211. The van der Waals surface area contributed by atoms with Gasteiger partial charge in [0.05, 0.1) is 12.0 Å². The summed E-state index contributed by atoms with van der Waals surface area (Å²) in [4.78, 5) is 1.01. The quantitative estimate of drug-likeness (QED) is 0.571. The van der Waals surface area contributed by atoms with Crippen molar-refractivity contribution in [2.24, 2.45) is 5.84 Å². The van der Waals surface area contributed by atoms with Gasteiger partial charge in [0, 0.05) is 5.39 Å². The van der Waals surface area contributed by atoms with Crippen molar-refractivity contribution in [1.29, 1.82) is 0 Å². The highest BCUT2D eigenvalue weighted by molar-refractivity contribution is 7.10. The summed E-state index contributed by atoms with van der Waals surface area (Å²) >= 11 is 1.59. The molecule has 3 rings (SSSR count). The summed E-state index contributed by atoms with van der Waals surface area (Å²) in [7, 11) is 1.65. The number of aryl methyl sites for hydroxylation is 1. The first-order valence-electron chi connectivity index (χ1n) is 6.31. The molecule has 20 heavy (non-hydrogen) atoms. The highest BCUT2D eigenvalue weighted by atomic mass is 32.1. The second kappa shape index (κ2) is 5.28. The van der Waals surface area contributed by atoms with Crippen LogP contribution in [0.3, 0.4) is 0 Å². The standard InChI is InChI=1S/C15H16N2O2S/c1-9-4-3-5-10-8-12(19-14(9)10)13(17-16)15-11(18-2)6-7-20-15/h3-8,13,17H,16H2,1-2H3. The molecule has 0 saturated carbocycles. The summed E-state index contributed by atoms with van der Waals surface area (Å²) in [5.74, 6) is 7.32. The molecular formula is C15H16N2O2S. The van der Waals surface area contributed by atoms with Gasteiger partial charge >= 0.3 is 0 Å². The van der Waals surface area contributed by atoms with Crippen LogP contribution in [-0.2, 0) is 0 Å². The molecule has 0 amide bonds. The second-order valence-electron chi connectivity index (χ2n) is 4.59. The van der Waals surface area contributed by atoms with Gasteiger partial charge in [-0.3, -0.25) is 5.84 Å². The van der Waals surface area contributed by atoms with Gasteiger partial charge in [-0.15, -0.1) is 11.3 Å². The Kier molecular flexibility index (Phi) is 3.48. The van der Waals surface area contributed by atoms with Crippen LogP contribution in [0.1, 0.15) is 22.2 Å². The molecule has 3 aromatic rings. The first-order chi connectivity index (χ1) is 9.74. The Bertz CT molecular complexity index is 732. The maximum Gasteiger partial charge on any atom is 0.137 e. The SMILES string of the molecule is COc1ccsc1C(NN)c1cc2cccc(C)c2o1. The fraction of sp³-hybridized carbons (Fsp3) is 0.200. The molecule has 1 unspecified atom stereocenters. The number of hydrogen-bond acceptors (Lipinski definition) is 5. The monoisotopic (exact) mass is 288 g/mol. The molecule has 4 nitrogen and oxygen atoms in total. The molecule has 5 heteroatoms. The van der Waals surface area contributed by atoms with E-state index in [1.54, 1.807) is 18.4 Å². The second-order valence-corrected chi connectivity index (χ2v) is 5.54. The Labute approximate surface area is 121 Å². The molecule has 0 aliphatic heterocycles. The number of nitrogens with two attached hydrogens (primary N) is 1. The number of rotatable bonds is 4. The number of fused-ring (bicyclic) bond motifs is 1. The molecule has 104 valence electrons. The van der Waals surface area contributed by atoms with Crippen molar-refractivity contribution in [2.75, 3.05) is 7.11 Å². The normalized spacial score (nSPS) is 12.8. The van der Waals surface area contributed by atoms with Gasteiger partial charge in [-0.2, -0.15) is 0 Å². The van der Waals surface area contributed by atoms with Gasteiger partial charge in [-0.05, 0) is 30.0 Å². The Morgan fingerprint density at radius 3 is 2.90 bits per heavy atom. The number of benzene rings is 1. The zero-order valence-electron chi connectivity index (χ0n) is 11.3. The third-order valence-electron chi connectivity index (χ3n) is 3.35. The van der Waals surface area contributed by atoms with Crippen molar-refractivity contribution in [1.82, 2.24) is 5.43 Å². The first kappa shape index (κ1) is 13.2. The van der Waals surface area contributed by atoms with Crippen LogP contribution in [0.5, 0.6) is 5.75 Å². The average Bonchev–Trinajstić information content (AvgIpc) is 3.07. The fourth-order valence-electron chi connectivity index (χ4n) is 2.35. The Morgan fingerprint density at radius 2 is 2.20 bits per heavy atom. The number of methoxy groups -OCH3 is 1. The summed E-state index contributed by atoms with van der Waals surface area (Å²) in [6.07, 6.45) is 0. The van der Waals surface area contributed by atoms with Gasteiger partial charge in [0.25, 0.3) is 0 Å². The van der Waals surface area contributed by atoms with Crippen LogP contribution in [0.15, 0.2) is 40.1 Å². The lowest BCUT2D eigenvalue weighted by atomic mass is 10.1. The van der Waals surface area contributed by atoms with E-state index >= 15 is 0 Å². The van der Waals surface area contributed by atoms with E-state index in [4.69, 9.17) is 15.0 Å². The lowest BCUT2D eigenvalue weighted by molar-refractivity contribution is 0.401. The molecule has 0 fully saturated rings. The van der Waals surface area contributed by atoms with Crippen LogP contribution >= 0.6 is 11.3 Å². The van der Waals surface area contributed by atoms with Gasteiger partial charge in [-0.1, -0.05) is 18.2 Å². The van der Waals surface area contributed by atoms with E-state index in [9.17, 15) is 0 Å². The van der Waals surface area contributed by atoms with E-state index < -0.39 is 0 Å². The summed E-state index contributed by atoms with van der Waals surface area (Å²) in [6, 6.07) is 9.83. The summed E-state index contributed by atoms with van der Waals surface area (Å²) in [5, 5.41) is 3.06. The zero-order valence-corrected chi connectivity index (χ0v) is 12.2. The largest absolute Gasteiger partial charge is 0.496 e. The Morgan fingerprint density at radius 1 is 1.35 bits per heavy atom. The number of furan rings is 1. The van der Waals surface area contributed by atoms with Crippen LogP contribution in [0.2, 0.25) is 0 Å². The van der Waals surface area contributed by atoms with Crippen molar-refractivity contribution >= 4 is 22.3 Å². The molecule has 2 heterocycles. The molecule has 0 spiro atoms. The Balaban J connectivity index is 2.10. The van der Waals surface area contributed by atoms with E-state index in [0.717, 1.165) is 32.9 Å². The van der Waals surface area contributed by atoms with Crippen molar-refractivity contribution in [2.45, 2.75) is 13.0 Å². The van der Waals surface area contributed by atoms with E-state index in [1.807, 2.05) is 42.6 Å². The lowest BCUT2D eigenvalue weighted by Gasteiger charge is -2.13. The number of nitrogens with one attached hydrogen (secondary N) is 1. The number of hydrogen-bond donors (Lipinski definition) is 2.